The molecule has 0 N–H and O–H groups in total. The number of hydrogen-bond acceptors (Lipinski definition) is 4. The molecule has 4 nitrogen and oxygen atoms in total. The second-order valence-electron chi connectivity index (χ2n) is 4.56. The Morgan fingerprint density at radius 3 is 2.23 bits per heavy atom. The van der Waals surface area contributed by atoms with Gasteiger partial charge in [-0.05, 0) is 56.1 Å². The van der Waals surface area contributed by atoms with Gasteiger partial charge in [-0.15, -0.1) is 11.3 Å². The number of halogens is 2. The minimum absolute atomic E-state index is 0.0892. The Labute approximate surface area is 150 Å². The van der Waals surface area contributed by atoms with Crippen LogP contribution in [0.5, 0.6) is 11.5 Å². The maximum absolute atomic E-state index is 12.6. The molecule has 1 heterocycles. The van der Waals surface area contributed by atoms with E-state index < -0.39 is 0 Å². The fraction of sp³-hybridized carbons (Fsp3) is 0.267. The average molecular weight is 449 g/mol. The van der Waals surface area contributed by atoms with E-state index >= 15 is 0 Å². The van der Waals surface area contributed by atoms with Crippen LogP contribution in [0.4, 0.5) is 0 Å². The van der Waals surface area contributed by atoms with Gasteiger partial charge in [-0.2, -0.15) is 0 Å². The summed E-state index contributed by atoms with van der Waals surface area (Å²) in [5.41, 5.74) is 0.523. The molecule has 1 aromatic carbocycles. The van der Waals surface area contributed by atoms with E-state index in [4.69, 9.17) is 9.47 Å². The van der Waals surface area contributed by atoms with Gasteiger partial charge in [0.05, 0.1) is 24.6 Å². The Morgan fingerprint density at radius 2 is 1.77 bits per heavy atom. The molecule has 0 fully saturated rings. The molecule has 0 radical (unpaired) electrons. The van der Waals surface area contributed by atoms with Crippen molar-refractivity contribution in [3.63, 3.8) is 0 Å². The maximum atomic E-state index is 12.6. The molecule has 0 spiro atoms. The third kappa shape index (κ3) is 3.83. The Kier molecular flexibility index (Phi) is 5.88. The van der Waals surface area contributed by atoms with Crippen molar-refractivity contribution < 1.29 is 14.3 Å². The van der Waals surface area contributed by atoms with Gasteiger partial charge in [0, 0.05) is 17.5 Å². The molecule has 0 saturated carbocycles. The molecule has 7 heteroatoms. The van der Waals surface area contributed by atoms with Gasteiger partial charge in [0.15, 0.2) is 0 Å². The lowest BCUT2D eigenvalue weighted by molar-refractivity contribution is 0.0785. The summed E-state index contributed by atoms with van der Waals surface area (Å²) in [6.07, 6.45) is 0. The summed E-state index contributed by atoms with van der Waals surface area (Å²) in [6, 6.07) is 7.39. The molecule has 0 aliphatic heterocycles. The predicted molar refractivity (Wildman–Crippen MR) is 95.1 cm³/mol. The summed E-state index contributed by atoms with van der Waals surface area (Å²) < 4.78 is 12.3. The minimum Gasteiger partial charge on any atom is -0.495 e. The van der Waals surface area contributed by atoms with E-state index in [2.05, 4.69) is 31.9 Å². The van der Waals surface area contributed by atoms with E-state index in [9.17, 15) is 4.79 Å². The number of methoxy groups -OCH3 is 2. The van der Waals surface area contributed by atoms with Crippen LogP contribution in [0, 0.1) is 0 Å². The SMILES string of the molecule is COc1cc(C(=O)N(C)Cc2ccc(Br)s2)cc(OC)c1Br. The van der Waals surface area contributed by atoms with Crippen LogP contribution in [-0.2, 0) is 6.54 Å². The predicted octanol–water partition coefficient (Wildman–Crippen LogP) is 4.56. The van der Waals surface area contributed by atoms with Crippen LogP contribution < -0.4 is 9.47 Å². The first-order chi connectivity index (χ1) is 10.5. The molecule has 0 bridgehead atoms. The van der Waals surface area contributed by atoms with Crippen molar-refractivity contribution in [3.8, 4) is 11.5 Å². The lowest BCUT2D eigenvalue weighted by atomic mass is 10.1. The van der Waals surface area contributed by atoms with E-state index in [1.54, 1.807) is 49.6 Å². The zero-order chi connectivity index (χ0) is 16.3. The maximum Gasteiger partial charge on any atom is 0.254 e. The number of benzene rings is 1. The molecule has 0 aliphatic rings. The Bertz CT molecular complexity index is 662. The molecular weight excluding hydrogens is 434 g/mol. The number of nitrogens with zero attached hydrogens (tertiary/aromatic N) is 1. The number of thiophene rings is 1. The van der Waals surface area contributed by atoms with Gasteiger partial charge in [-0.25, -0.2) is 0 Å². The van der Waals surface area contributed by atoms with E-state index in [0.29, 0.717) is 28.1 Å². The topological polar surface area (TPSA) is 38.8 Å². The van der Waals surface area contributed by atoms with E-state index in [1.807, 2.05) is 12.1 Å². The molecular formula is C15H15Br2NO3S. The van der Waals surface area contributed by atoms with Gasteiger partial charge in [0.2, 0.25) is 0 Å². The summed E-state index contributed by atoms with van der Waals surface area (Å²) in [5, 5.41) is 0. The van der Waals surface area contributed by atoms with Crippen LogP contribution in [0.15, 0.2) is 32.5 Å². The summed E-state index contributed by atoms with van der Waals surface area (Å²) in [6.45, 7) is 0.551. The molecule has 0 atom stereocenters. The largest absolute Gasteiger partial charge is 0.495 e. The number of carbonyl (C=O) groups is 1. The Hall–Kier alpha value is -1.05. The van der Waals surface area contributed by atoms with Crippen LogP contribution >= 0.6 is 43.2 Å². The molecule has 0 saturated heterocycles. The van der Waals surface area contributed by atoms with Crippen molar-refractivity contribution in [3.05, 3.63) is 43.0 Å². The zero-order valence-electron chi connectivity index (χ0n) is 12.4. The molecule has 2 rings (SSSR count). The molecule has 0 aliphatic carbocycles. The minimum atomic E-state index is -0.0892. The highest BCUT2D eigenvalue weighted by Crippen LogP contribution is 2.36. The summed E-state index contributed by atoms with van der Waals surface area (Å²) in [4.78, 5) is 15.4. The van der Waals surface area contributed by atoms with Gasteiger partial charge in [-0.1, -0.05) is 0 Å². The smallest absolute Gasteiger partial charge is 0.254 e. The van der Waals surface area contributed by atoms with Gasteiger partial charge < -0.3 is 14.4 Å². The van der Waals surface area contributed by atoms with Crippen LogP contribution in [-0.4, -0.2) is 32.1 Å². The zero-order valence-corrected chi connectivity index (χ0v) is 16.3. The fourth-order valence-electron chi connectivity index (χ4n) is 1.96. The van der Waals surface area contributed by atoms with Crippen molar-refractivity contribution in [2.45, 2.75) is 6.54 Å². The average Bonchev–Trinajstić information content (AvgIpc) is 2.91. The third-order valence-corrected chi connectivity index (χ3v) is 5.45. The van der Waals surface area contributed by atoms with Gasteiger partial charge in [0.25, 0.3) is 5.91 Å². The lowest BCUT2D eigenvalue weighted by Crippen LogP contribution is -2.25. The van der Waals surface area contributed by atoms with Crippen LogP contribution in [0.3, 0.4) is 0 Å². The summed E-state index contributed by atoms with van der Waals surface area (Å²) >= 11 is 8.44. The van der Waals surface area contributed by atoms with E-state index in [1.165, 1.54) is 0 Å². The monoisotopic (exact) mass is 447 g/mol. The van der Waals surface area contributed by atoms with Crippen molar-refractivity contribution in [2.24, 2.45) is 0 Å². The van der Waals surface area contributed by atoms with E-state index in [-0.39, 0.29) is 5.91 Å². The molecule has 1 aromatic heterocycles. The number of amides is 1. The first-order valence-corrected chi connectivity index (χ1v) is 8.77. The molecule has 22 heavy (non-hydrogen) atoms. The van der Waals surface area contributed by atoms with Crippen molar-refractivity contribution >= 4 is 49.1 Å². The van der Waals surface area contributed by atoms with Crippen molar-refractivity contribution in [1.82, 2.24) is 4.90 Å². The van der Waals surface area contributed by atoms with Gasteiger partial charge in [0.1, 0.15) is 16.0 Å². The molecule has 2 aromatic rings. The summed E-state index contributed by atoms with van der Waals surface area (Å²) in [5.74, 6) is 1.04. The number of hydrogen-bond donors (Lipinski definition) is 0. The van der Waals surface area contributed by atoms with Gasteiger partial charge >= 0.3 is 0 Å². The van der Waals surface area contributed by atoms with Crippen LogP contribution in [0.2, 0.25) is 0 Å². The molecule has 118 valence electrons. The van der Waals surface area contributed by atoms with Gasteiger partial charge in [-0.3, -0.25) is 4.79 Å². The van der Waals surface area contributed by atoms with Crippen LogP contribution in [0.1, 0.15) is 15.2 Å². The van der Waals surface area contributed by atoms with Crippen molar-refractivity contribution in [1.29, 1.82) is 0 Å². The Morgan fingerprint density at radius 1 is 1.18 bits per heavy atom. The fourth-order valence-corrected chi connectivity index (χ4v) is 4.04. The summed E-state index contributed by atoms with van der Waals surface area (Å²) in [7, 11) is 4.89. The number of rotatable bonds is 5. The van der Waals surface area contributed by atoms with Crippen LogP contribution in [0.25, 0.3) is 0 Å². The quantitative estimate of drug-likeness (QED) is 0.672. The third-order valence-electron chi connectivity index (χ3n) is 3.06. The molecule has 0 unspecified atom stereocenters. The first kappa shape index (κ1) is 17.3. The number of ether oxygens (including phenoxy) is 2. The normalized spacial score (nSPS) is 10.4. The second-order valence-corrected chi connectivity index (χ2v) is 7.90. The Balaban J connectivity index is 2.24. The standard InChI is InChI=1S/C15H15Br2NO3S/c1-18(8-10-4-5-13(16)22-10)15(19)9-6-11(20-2)14(17)12(7-9)21-3/h4-7H,8H2,1-3H3. The highest BCUT2D eigenvalue weighted by molar-refractivity contribution is 9.11. The highest BCUT2D eigenvalue weighted by Gasteiger charge is 2.18. The lowest BCUT2D eigenvalue weighted by Gasteiger charge is -2.18. The molecule has 1 amide bonds. The first-order valence-electron chi connectivity index (χ1n) is 6.37. The number of carbonyl (C=O) groups excluding carboxylic acids is 1. The van der Waals surface area contributed by atoms with Crippen molar-refractivity contribution in [2.75, 3.05) is 21.3 Å². The van der Waals surface area contributed by atoms with E-state index in [0.717, 1.165) is 8.66 Å². The second kappa shape index (κ2) is 7.48. The highest BCUT2D eigenvalue weighted by atomic mass is 79.9.